The molecule has 0 aliphatic carbocycles. The van der Waals surface area contributed by atoms with E-state index in [9.17, 15) is 31.1 Å². The maximum Gasteiger partial charge on any atom is 0.490 e. The number of aryl methyl sites for hydroxylation is 1. The van der Waals surface area contributed by atoms with Crippen LogP contribution in [0.2, 0.25) is 5.02 Å². The van der Waals surface area contributed by atoms with Crippen LogP contribution in [-0.4, -0.2) is 58.6 Å². The number of halogens is 7. The lowest BCUT2D eigenvalue weighted by molar-refractivity contribution is -0.192. The minimum absolute atomic E-state index is 0.0213. The number of carboxylic acids is 1. The smallest absolute Gasteiger partial charge is 0.475 e. The lowest BCUT2D eigenvalue weighted by Crippen LogP contribution is -2.51. The van der Waals surface area contributed by atoms with E-state index >= 15 is 0 Å². The number of rotatable bonds is 2. The molecule has 1 aromatic heterocycles. The van der Waals surface area contributed by atoms with Crippen molar-refractivity contribution in [2.24, 2.45) is 11.1 Å². The average molecular weight is 571 g/mol. The van der Waals surface area contributed by atoms with Crippen LogP contribution in [0.5, 0.6) is 0 Å². The first-order valence-electron chi connectivity index (χ1n) is 11.4. The minimum Gasteiger partial charge on any atom is -0.475 e. The van der Waals surface area contributed by atoms with Crippen molar-refractivity contribution in [1.82, 2.24) is 9.55 Å². The molecule has 8 nitrogen and oxygen atoms in total. The third-order valence-corrected chi connectivity index (χ3v) is 7.17. The van der Waals surface area contributed by atoms with E-state index in [1.165, 1.54) is 18.2 Å². The summed E-state index contributed by atoms with van der Waals surface area (Å²) in [6.45, 7) is 5.53. The topological polar surface area (TPSA) is 111 Å². The van der Waals surface area contributed by atoms with Gasteiger partial charge in [0.2, 0.25) is 0 Å². The predicted octanol–water partition coefficient (Wildman–Crippen LogP) is 4.18. The maximum atomic E-state index is 13.2. The van der Waals surface area contributed by atoms with Crippen LogP contribution in [0.3, 0.4) is 0 Å². The van der Waals surface area contributed by atoms with Gasteiger partial charge in [0.1, 0.15) is 11.6 Å². The molecule has 0 unspecified atom stereocenters. The number of nitrogens with two attached hydrogens (primary N) is 1. The van der Waals surface area contributed by atoms with Crippen molar-refractivity contribution in [2.45, 2.75) is 51.2 Å². The molecule has 38 heavy (non-hydrogen) atoms. The number of aromatic nitrogens is 2. The van der Waals surface area contributed by atoms with Gasteiger partial charge in [0.05, 0.1) is 29.0 Å². The zero-order valence-electron chi connectivity index (χ0n) is 20.2. The highest BCUT2D eigenvalue weighted by atomic mass is 35.5. The standard InChI is InChI=1S/C21H24ClF3N4O2.C2HF3O2/c1-12-19(26)20(11-31-12)6-8-28(9-7-20)16-10-17(30)29(13(2)27-16)15-5-3-4-14(18(15)22)21(23,24)25;3-2(4,5)1(6)7/h3-5,10,12,19H,6-9,11,26H2,1-2H3;(H,6,7)/t12-,19+;/m0./s1. The van der Waals surface area contributed by atoms with E-state index in [1.807, 2.05) is 11.8 Å². The zero-order chi connectivity index (χ0) is 28.6. The van der Waals surface area contributed by atoms with E-state index in [-0.39, 0.29) is 29.1 Å². The molecule has 210 valence electrons. The largest absolute Gasteiger partial charge is 0.490 e. The lowest BCUT2D eigenvalue weighted by atomic mass is 9.73. The van der Waals surface area contributed by atoms with Crippen molar-refractivity contribution in [3.63, 3.8) is 0 Å². The summed E-state index contributed by atoms with van der Waals surface area (Å²) in [4.78, 5) is 28.3. The number of ether oxygens (including phenoxy) is 1. The number of alkyl halides is 6. The summed E-state index contributed by atoms with van der Waals surface area (Å²) in [6.07, 6.45) is -8.04. The van der Waals surface area contributed by atoms with Gasteiger partial charge in [0.25, 0.3) is 5.56 Å². The Labute approximate surface area is 218 Å². The summed E-state index contributed by atoms with van der Waals surface area (Å²) < 4.78 is 78.2. The van der Waals surface area contributed by atoms with Gasteiger partial charge >= 0.3 is 18.3 Å². The Morgan fingerprint density at radius 1 is 1.21 bits per heavy atom. The summed E-state index contributed by atoms with van der Waals surface area (Å²) in [5.41, 5.74) is 4.77. The molecule has 1 aromatic carbocycles. The Balaban J connectivity index is 0.000000505. The van der Waals surface area contributed by atoms with Crippen LogP contribution in [0.1, 0.15) is 31.2 Å². The van der Waals surface area contributed by atoms with Crippen LogP contribution in [0, 0.1) is 12.3 Å². The molecule has 0 amide bonds. The molecule has 4 rings (SSSR count). The Kier molecular flexibility index (Phi) is 8.39. The third kappa shape index (κ3) is 6.07. The highest BCUT2D eigenvalue weighted by molar-refractivity contribution is 6.33. The van der Waals surface area contributed by atoms with E-state index in [0.717, 1.165) is 23.5 Å². The van der Waals surface area contributed by atoms with Crippen LogP contribution >= 0.6 is 11.6 Å². The second-order valence-electron chi connectivity index (χ2n) is 9.17. The summed E-state index contributed by atoms with van der Waals surface area (Å²) in [7, 11) is 0. The van der Waals surface area contributed by atoms with Crippen molar-refractivity contribution >= 4 is 23.4 Å². The summed E-state index contributed by atoms with van der Waals surface area (Å²) in [5, 5.41) is 6.60. The summed E-state index contributed by atoms with van der Waals surface area (Å²) in [6, 6.07) is 4.80. The molecule has 0 bridgehead atoms. The van der Waals surface area contributed by atoms with Crippen molar-refractivity contribution < 1.29 is 41.0 Å². The molecule has 3 heterocycles. The van der Waals surface area contributed by atoms with Crippen LogP contribution < -0.4 is 16.2 Å². The highest BCUT2D eigenvalue weighted by Crippen LogP contribution is 2.42. The monoisotopic (exact) mass is 570 g/mol. The van der Waals surface area contributed by atoms with Crippen LogP contribution in [0.25, 0.3) is 5.69 Å². The molecule has 0 saturated carbocycles. The molecule has 2 atom stereocenters. The van der Waals surface area contributed by atoms with Crippen molar-refractivity contribution in [1.29, 1.82) is 0 Å². The lowest BCUT2D eigenvalue weighted by Gasteiger charge is -2.41. The molecule has 2 aliphatic heterocycles. The van der Waals surface area contributed by atoms with Crippen LogP contribution in [0.4, 0.5) is 32.2 Å². The zero-order valence-corrected chi connectivity index (χ0v) is 21.0. The van der Waals surface area contributed by atoms with Gasteiger partial charge in [0, 0.05) is 30.6 Å². The van der Waals surface area contributed by atoms with E-state index in [4.69, 9.17) is 32.0 Å². The number of piperidine rings is 1. The van der Waals surface area contributed by atoms with Gasteiger partial charge < -0.3 is 20.5 Å². The maximum absolute atomic E-state index is 13.2. The molecule has 15 heteroatoms. The number of hydrogen-bond acceptors (Lipinski definition) is 6. The average Bonchev–Trinajstić information content (AvgIpc) is 3.07. The number of aliphatic carboxylic acids is 1. The second kappa shape index (κ2) is 10.7. The van der Waals surface area contributed by atoms with Gasteiger partial charge in [-0.3, -0.25) is 9.36 Å². The van der Waals surface area contributed by atoms with Crippen molar-refractivity contribution in [2.75, 3.05) is 24.6 Å². The van der Waals surface area contributed by atoms with E-state index in [1.54, 1.807) is 6.92 Å². The highest BCUT2D eigenvalue weighted by Gasteiger charge is 2.47. The Hall–Kier alpha value is -2.84. The van der Waals surface area contributed by atoms with Gasteiger partial charge in [-0.1, -0.05) is 17.7 Å². The minimum atomic E-state index is -5.08. The fraction of sp³-hybridized carbons (Fsp3) is 0.522. The molecule has 2 aromatic rings. The third-order valence-electron chi connectivity index (χ3n) is 6.77. The first-order chi connectivity index (χ1) is 17.5. The van der Waals surface area contributed by atoms with Gasteiger partial charge in [-0.15, -0.1) is 0 Å². The number of hydrogen-bond donors (Lipinski definition) is 2. The van der Waals surface area contributed by atoms with E-state index in [0.29, 0.717) is 25.5 Å². The molecule has 2 aliphatic rings. The van der Waals surface area contributed by atoms with E-state index < -0.39 is 34.5 Å². The van der Waals surface area contributed by atoms with Crippen LogP contribution in [-0.2, 0) is 15.7 Å². The second-order valence-corrected chi connectivity index (χ2v) is 9.54. The first kappa shape index (κ1) is 29.7. The van der Waals surface area contributed by atoms with Gasteiger partial charge in [-0.05, 0) is 38.8 Å². The molecular weight excluding hydrogens is 546 g/mol. The SMILES string of the molecule is Cc1nc(N2CCC3(CC2)CO[C@@H](C)[C@H]3N)cc(=O)n1-c1cccc(C(F)(F)F)c1Cl.O=C(O)C(F)(F)F. The van der Waals surface area contributed by atoms with Crippen molar-refractivity contribution in [3.05, 3.63) is 51.0 Å². The van der Waals surface area contributed by atoms with Gasteiger partial charge in [-0.25, -0.2) is 9.78 Å². The molecule has 2 saturated heterocycles. The van der Waals surface area contributed by atoms with Gasteiger partial charge in [0.15, 0.2) is 0 Å². The van der Waals surface area contributed by atoms with Crippen LogP contribution in [0.15, 0.2) is 29.1 Å². The Morgan fingerprint density at radius 2 is 1.79 bits per heavy atom. The van der Waals surface area contributed by atoms with Crippen molar-refractivity contribution in [3.8, 4) is 5.69 Å². The Morgan fingerprint density at radius 3 is 2.24 bits per heavy atom. The summed E-state index contributed by atoms with van der Waals surface area (Å²) >= 11 is 6.01. The number of anilines is 1. The predicted molar refractivity (Wildman–Crippen MR) is 126 cm³/mol. The fourth-order valence-corrected chi connectivity index (χ4v) is 4.92. The molecule has 3 N–H and O–H groups in total. The molecular formula is C23H25ClF6N4O4. The fourth-order valence-electron chi connectivity index (χ4n) is 4.60. The molecule has 0 radical (unpaired) electrons. The number of benzene rings is 1. The van der Waals surface area contributed by atoms with Gasteiger partial charge in [-0.2, -0.15) is 26.3 Å². The number of carboxylic acid groups (broad SMARTS) is 1. The molecule has 1 spiro atoms. The van der Waals surface area contributed by atoms with E-state index in [2.05, 4.69) is 4.98 Å². The first-order valence-corrected chi connectivity index (χ1v) is 11.7. The Bertz CT molecular complexity index is 1240. The molecule has 2 fully saturated rings. The number of carbonyl (C=O) groups is 1. The normalized spacial score (nSPS) is 21.3. The quantitative estimate of drug-likeness (QED) is 0.521. The summed E-state index contributed by atoms with van der Waals surface area (Å²) in [5.74, 6) is -2.00. The number of nitrogens with zero attached hydrogens (tertiary/aromatic N) is 3.